The van der Waals surface area contributed by atoms with Gasteiger partial charge in [0.25, 0.3) is 0 Å². The normalized spacial score (nSPS) is 9.68. The summed E-state index contributed by atoms with van der Waals surface area (Å²) in [6.07, 6.45) is 0.0284. The van der Waals surface area contributed by atoms with Crippen LogP contribution in [0, 0.1) is 11.3 Å². The topological polar surface area (TPSA) is 90.2 Å². The van der Waals surface area contributed by atoms with E-state index in [1.807, 2.05) is 6.07 Å². The first kappa shape index (κ1) is 15.3. The number of carbonyl (C=O) groups excluding carboxylic acids is 1. The molecule has 0 aromatic heterocycles. The summed E-state index contributed by atoms with van der Waals surface area (Å²) in [5, 5.41) is 20.0. The second-order valence-electron chi connectivity index (χ2n) is 3.55. The molecule has 1 aromatic rings. The maximum Gasteiger partial charge on any atom is 0.304 e. The van der Waals surface area contributed by atoms with Gasteiger partial charge in [0.2, 0.25) is 5.91 Å². The van der Waals surface area contributed by atoms with Crippen molar-refractivity contribution in [3.05, 3.63) is 28.8 Å². The molecule has 0 radical (unpaired) electrons. The molecule has 5 nitrogen and oxygen atoms in total. The van der Waals surface area contributed by atoms with Crippen molar-refractivity contribution < 1.29 is 14.7 Å². The molecule has 0 saturated heterocycles. The van der Waals surface area contributed by atoms with Crippen LogP contribution in [0.4, 0.5) is 5.69 Å². The number of nitrogens with one attached hydrogen (secondary N) is 1. The highest BCUT2D eigenvalue weighted by atomic mass is 35.5. The molecule has 0 atom stereocenters. The Balaban J connectivity index is 2.42. The van der Waals surface area contributed by atoms with Crippen LogP contribution in [0.5, 0.6) is 0 Å². The summed E-state index contributed by atoms with van der Waals surface area (Å²) in [5.41, 5.74) is 0.850. The van der Waals surface area contributed by atoms with Gasteiger partial charge in [0.15, 0.2) is 0 Å². The molecule has 100 valence electrons. The molecule has 0 aliphatic heterocycles. The molecule has 0 heterocycles. The Kier molecular flexibility index (Phi) is 6.19. The standard InChI is InChI=1S/C12H11ClN2O3S/c13-10-5-9(2-1-8(10)6-14)15-11(16)7-19-4-3-12(17)18/h1-2,5H,3-4,7H2,(H,15,16)(H,17,18). The van der Waals surface area contributed by atoms with E-state index in [0.717, 1.165) is 0 Å². The summed E-state index contributed by atoms with van der Waals surface area (Å²) < 4.78 is 0. The Labute approximate surface area is 119 Å². The number of aliphatic carboxylic acids is 1. The van der Waals surface area contributed by atoms with Crippen LogP contribution in [0.2, 0.25) is 5.02 Å². The molecule has 1 amide bonds. The van der Waals surface area contributed by atoms with Gasteiger partial charge < -0.3 is 10.4 Å². The van der Waals surface area contributed by atoms with E-state index in [0.29, 0.717) is 17.0 Å². The van der Waals surface area contributed by atoms with E-state index in [1.165, 1.54) is 23.9 Å². The SMILES string of the molecule is N#Cc1ccc(NC(=O)CSCCC(=O)O)cc1Cl. The van der Waals surface area contributed by atoms with E-state index >= 15 is 0 Å². The predicted octanol–water partition coefficient (Wildman–Crippen LogP) is 2.36. The number of halogens is 1. The predicted molar refractivity (Wildman–Crippen MR) is 74.4 cm³/mol. The molecule has 2 N–H and O–H groups in total. The van der Waals surface area contributed by atoms with Crippen molar-refractivity contribution in [3.63, 3.8) is 0 Å². The zero-order valence-electron chi connectivity index (χ0n) is 9.85. The number of hydrogen-bond acceptors (Lipinski definition) is 4. The maximum absolute atomic E-state index is 11.5. The average Bonchev–Trinajstić information content (AvgIpc) is 2.35. The lowest BCUT2D eigenvalue weighted by atomic mass is 10.2. The zero-order chi connectivity index (χ0) is 14.3. The third-order valence-electron chi connectivity index (χ3n) is 2.07. The summed E-state index contributed by atoms with van der Waals surface area (Å²) in [5.74, 6) is -0.565. The lowest BCUT2D eigenvalue weighted by Gasteiger charge is -2.05. The minimum absolute atomic E-state index is 0.0284. The summed E-state index contributed by atoms with van der Waals surface area (Å²) in [6.45, 7) is 0. The Morgan fingerprint density at radius 1 is 1.47 bits per heavy atom. The van der Waals surface area contributed by atoms with Gasteiger partial charge in [0, 0.05) is 11.4 Å². The van der Waals surface area contributed by atoms with Gasteiger partial charge in [0.05, 0.1) is 22.8 Å². The van der Waals surface area contributed by atoms with E-state index in [4.69, 9.17) is 22.0 Å². The lowest BCUT2D eigenvalue weighted by Crippen LogP contribution is -2.14. The van der Waals surface area contributed by atoms with Gasteiger partial charge in [-0.2, -0.15) is 17.0 Å². The van der Waals surface area contributed by atoms with Crippen molar-refractivity contribution >= 4 is 40.9 Å². The first-order chi connectivity index (χ1) is 9.02. The number of nitriles is 1. The molecule has 1 rings (SSSR count). The summed E-state index contributed by atoms with van der Waals surface area (Å²) in [7, 11) is 0. The van der Waals surface area contributed by atoms with E-state index in [2.05, 4.69) is 5.32 Å². The lowest BCUT2D eigenvalue weighted by molar-refractivity contribution is -0.136. The Morgan fingerprint density at radius 2 is 2.21 bits per heavy atom. The van der Waals surface area contributed by atoms with Crippen molar-refractivity contribution in [3.8, 4) is 6.07 Å². The van der Waals surface area contributed by atoms with Crippen LogP contribution in [-0.4, -0.2) is 28.5 Å². The largest absolute Gasteiger partial charge is 0.481 e. The van der Waals surface area contributed by atoms with Gasteiger partial charge in [-0.05, 0) is 18.2 Å². The highest BCUT2D eigenvalue weighted by molar-refractivity contribution is 7.99. The summed E-state index contributed by atoms with van der Waals surface area (Å²) in [6, 6.07) is 6.53. The van der Waals surface area contributed by atoms with E-state index in [-0.39, 0.29) is 23.1 Å². The Bertz CT molecular complexity index is 528. The number of carboxylic acid groups (broad SMARTS) is 1. The molecule has 0 aliphatic rings. The van der Waals surface area contributed by atoms with Gasteiger partial charge in [-0.25, -0.2) is 0 Å². The van der Waals surface area contributed by atoms with Gasteiger partial charge in [-0.1, -0.05) is 11.6 Å². The molecule has 0 unspecified atom stereocenters. The van der Waals surface area contributed by atoms with Crippen molar-refractivity contribution in [1.29, 1.82) is 5.26 Å². The van der Waals surface area contributed by atoms with Crippen molar-refractivity contribution in [2.75, 3.05) is 16.8 Å². The molecular weight excluding hydrogens is 288 g/mol. The third kappa shape index (κ3) is 5.64. The summed E-state index contributed by atoms with van der Waals surface area (Å²) in [4.78, 5) is 21.8. The monoisotopic (exact) mass is 298 g/mol. The van der Waals surface area contributed by atoms with Crippen LogP contribution in [0.3, 0.4) is 0 Å². The van der Waals surface area contributed by atoms with Crippen LogP contribution < -0.4 is 5.32 Å². The number of anilines is 1. The number of benzene rings is 1. The van der Waals surface area contributed by atoms with Gasteiger partial charge in [0.1, 0.15) is 6.07 Å². The molecular formula is C12H11ClN2O3S. The second kappa shape index (κ2) is 7.67. The van der Waals surface area contributed by atoms with Crippen molar-refractivity contribution in [1.82, 2.24) is 0 Å². The highest BCUT2D eigenvalue weighted by Crippen LogP contribution is 2.20. The maximum atomic E-state index is 11.5. The van der Waals surface area contributed by atoms with Crippen molar-refractivity contribution in [2.24, 2.45) is 0 Å². The summed E-state index contributed by atoms with van der Waals surface area (Å²) >= 11 is 7.07. The number of rotatable bonds is 6. The van der Waals surface area contributed by atoms with Crippen molar-refractivity contribution in [2.45, 2.75) is 6.42 Å². The molecule has 1 aromatic carbocycles. The second-order valence-corrected chi connectivity index (χ2v) is 5.06. The number of nitrogens with zero attached hydrogens (tertiary/aromatic N) is 1. The fourth-order valence-corrected chi connectivity index (χ4v) is 2.15. The van der Waals surface area contributed by atoms with E-state index in [9.17, 15) is 9.59 Å². The van der Waals surface area contributed by atoms with Crippen LogP contribution in [0.1, 0.15) is 12.0 Å². The van der Waals surface area contributed by atoms with E-state index in [1.54, 1.807) is 6.07 Å². The minimum Gasteiger partial charge on any atom is -0.481 e. The van der Waals surface area contributed by atoms with Gasteiger partial charge in [-0.15, -0.1) is 0 Å². The van der Waals surface area contributed by atoms with Crippen LogP contribution in [0.25, 0.3) is 0 Å². The number of amides is 1. The number of carbonyl (C=O) groups is 2. The molecule has 0 bridgehead atoms. The fraction of sp³-hybridized carbons (Fsp3) is 0.250. The first-order valence-electron chi connectivity index (χ1n) is 5.32. The zero-order valence-corrected chi connectivity index (χ0v) is 11.4. The smallest absolute Gasteiger partial charge is 0.304 e. The Hall–Kier alpha value is -1.71. The molecule has 7 heteroatoms. The molecule has 0 saturated carbocycles. The number of hydrogen-bond donors (Lipinski definition) is 2. The van der Waals surface area contributed by atoms with Gasteiger partial charge >= 0.3 is 5.97 Å². The molecule has 0 aliphatic carbocycles. The highest BCUT2D eigenvalue weighted by Gasteiger charge is 2.06. The van der Waals surface area contributed by atoms with Gasteiger partial charge in [-0.3, -0.25) is 9.59 Å². The molecule has 0 spiro atoms. The average molecular weight is 299 g/mol. The van der Waals surface area contributed by atoms with Crippen LogP contribution in [0.15, 0.2) is 18.2 Å². The third-order valence-corrected chi connectivity index (χ3v) is 3.34. The quantitative estimate of drug-likeness (QED) is 0.787. The fourth-order valence-electron chi connectivity index (χ4n) is 1.20. The molecule has 0 fully saturated rings. The first-order valence-corrected chi connectivity index (χ1v) is 6.85. The minimum atomic E-state index is -0.883. The molecule has 19 heavy (non-hydrogen) atoms. The van der Waals surface area contributed by atoms with E-state index < -0.39 is 5.97 Å². The number of carboxylic acids is 1. The van der Waals surface area contributed by atoms with Crippen LogP contribution >= 0.6 is 23.4 Å². The van der Waals surface area contributed by atoms with Crippen LogP contribution in [-0.2, 0) is 9.59 Å². The number of thioether (sulfide) groups is 1. The Morgan fingerprint density at radius 3 is 2.79 bits per heavy atom.